The van der Waals surface area contributed by atoms with Crippen LogP contribution in [-0.2, 0) is 9.59 Å². The summed E-state index contributed by atoms with van der Waals surface area (Å²) in [4.78, 5) is 42.0. The van der Waals surface area contributed by atoms with Crippen LogP contribution < -0.4 is 10.6 Å². The molecule has 0 fully saturated rings. The molecule has 0 aromatic heterocycles. The van der Waals surface area contributed by atoms with Crippen LogP contribution in [0.4, 0.5) is 4.79 Å². The molecule has 0 saturated carbocycles. The monoisotopic (exact) mass is 755 g/mol. The highest BCUT2D eigenvalue weighted by atomic mass is 16.2. The van der Waals surface area contributed by atoms with Crippen molar-refractivity contribution in [1.82, 2.24) is 20.4 Å². The number of likely N-dealkylation sites (N-methyl/N-ethyl adjacent to an activating group) is 1. The summed E-state index contributed by atoms with van der Waals surface area (Å²) >= 11 is 0. The summed E-state index contributed by atoms with van der Waals surface area (Å²) in [7, 11) is 3.97. The Bertz CT molecular complexity index is 955. The van der Waals surface area contributed by atoms with E-state index in [9.17, 15) is 14.4 Å². The fraction of sp³-hybridized carbons (Fsp3) is 0.766. The largest absolute Gasteiger partial charge is 0.345 e. The molecule has 0 rings (SSSR count). The van der Waals surface area contributed by atoms with Crippen LogP contribution in [0.2, 0.25) is 0 Å². The van der Waals surface area contributed by atoms with Gasteiger partial charge in [0.2, 0.25) is 0 Å². The maximum atomic E-state index is 13.1. The van der Waals surface area contributed by atoms with Crippen molar-refractivity contribution < 1.29 is 14.4 Å². The molecular weight excluding hydrogens is 669 g/mol. The number of imide groups is 1. The van der Waals surface area contributed by atoms with Gasteiger partial charge in [-0.1, -0.05) is 152 Å². The summed E-state index contributed by atoms with van der Waals surface area (Å²) in [5.41, 5.74) is 0. The lowest BCUT2D eigenvalue weighted by Crippen LogP contribution is -2.51. The van der Waals surface area contributed by atoms with E-state index in [1.165, 1.54) is 103 Å². The predicted octanol–water partition coefficient (Wildman–Crippen LogP) is 12.4. The van der Waals surface area contributed by atoms with Gasteiger partial charge in [0, 0.05) is 19.1 Å². The van der Waals surface area contributed by atoms with E-state index in [4.69, 9.17) is 0 Å². The van der Waals surface area contributed by atoms with Gasteiger partial charge >= 0.3 is 17.8 Å². The number of carbonyl (C=O) groups is 3. The Morgan fingerprint density at radius 1 is 0.519 bits per heavy atom. The second kappa shape index (κ2) is 40.0. The summed E-state index contributed by atoms with van der Waals surface area (Å²) in [5.74, 6) is -1.42. The highest BCUT2D eigenvalue weighted by Crippen LogP contribution is 2.16. The summed E-state index contributed by atoms with van der Waals surface area (Å²) in [6.07, 6.45) is 49.8. The zero-order chi connectivity index (χ0) is 39.7. The molecular formula is C47H86N4O3. The van der Waals surface area contributed by atoms with Crippen molar-refractivity contribution in [2.24, 2.45) is 0 Å². The maximum absolute atomic E-state index is 13.1. The Hall–Kier alpha value is -2.67. The minimum absolute atomic E-state index is 0.0417. The van der Waals surface area contributed by atoms with Crippen LogP contribution in [-0.4, -0.2) is 67.4 Å². The lowest BCUT2D eigenvalue weighted by Gasteiger charge is -2.22. The number of nitrogens with one attached hydrogen (secondary N) is 2. The van der Waals surface area contributed by atoms with Gasteiger partial charge < -0.3 is 15.5 Å². The zero-order valence-corrected chi connectivity index (χ0v) is 36.0. The lowest BCUT2D eigenvalue weighted by atomic mass is 9.99. The number of hydrogen-bond donors (Lipinski definition) is 2. The van der Waals surface area contributed by atoms with E-state index < -0.39 is 17.8 Å². The molecule has 7 heteroatoms. The van der Waals surface area contributed by atoms with Crippen LogP contribution in [0.1, 0.15) is 194 Å². The Kier molecular flexibility index (Phi) is 38.0. The first-order valence-corrected chi connectivity index (χ1v) is 22.5. The van der Waals surface area contributed by atoms with Crippen molar-refractivity contribution >= 4 is 17.8 Å². The number of nitrogens with zero attached hydrogens (tertiary/aromatic N) is 2. The molecule has 0 radical (unpaired) electrons. The molecule has 0 unspecified atom stereocenters. The van der Waals surface area contributed by atoms with E-state index in [2.05, 4.69) is 73.1 Å². The fourth-order valence-electron chi connectivity index (χ4n) is 6.48. The molecule has 7 nitrogen and oxygen atoms in total. The van der Waals surface area contributed by atoms with Crippen molar-refractivity contribution in [1.29, 1.82) is 0 Å². The molecule has 312 valence electrons. The van der Waals surface area contributed by atoms with Gasteiger partial charge in [-0.25, -0.2) is 4.79 Å². The van der Waals surface area contributed by atoms with E-state index in [0.717, 1.165) is 82.1 Å². The van der Waals surface area contributed by atoms with Crippen molar-refractivity contribution in [2.75, 3.05) is 33.7 Å². The van der Waals surface area contributed by atoms with Crippen LogP contribution in [0.15, 0.2) is 48.6 Å². The third-order valence-corrected chi connectivity index (χ3v) is 9.90. The first-order chi connectivity index (χ1) is 26.4. The van der Waals surface area contributed by atoms with E-state index in [1.54, 1.807) is 6.92 Å². The Morgan fingerprint density at radius 3 is 1.33 bits per heavy atom. The Balaban J connectivity index is 4.59. The van der Waals surface area contributed by atoms with Gasteiger partial charge in [-0.3, -0.25) is 14.5 Å². The van der Waals surface area contributed by atoms with Gasteiger partial charge in [-0.15, -0.1) is 0 Å². The molecule has 0 aliphatic rings. The fourth-order valence-corrected chi connectivity index (χ4v) is 6.48. The molecule has 0 aliphatic heterocycles. The summed E-state index contributed by atoms with van der Waals surface area (Å²) in [6, 6.07) is -0.539. The molecule has 0 aromatic carbocycles. The van der Waals surface area contributed by atoms with E-state index in [0.29, 0.717) is 6.54 Å². The second-order valence-corrected chi connectivity index (χ2v) is 15.4. The van der Waals surface area contributed by atoms with Crippen molar-refractivity contribution in [2.45, 2.75) is 200 Å². The number of rotatable bonds is 36. The molecule has 0 heterocycles. The third-order valence-electron chi connectivity index (χ3n) is 9.90. The number of amides is 4. The highest BCUT2D eigenvalue weighted by Gasteiger charge is 2.27. The van der Waals surface area contributed by atoms with Crippen molar-refractivity contribution in [3.8, 4) is 0 Å². The highest BCUT2D eigenvalue weighted by molar-refractivity contribution is 6.37. The molecule has 2 N–H and O–H groups in total. The number of hydrogen-bond acceptors (Lipinski definition) is 4. The number of carbonyl (C=O) groups excluding carboxylic acids is 3. The SMILES string of the molecule is CCCCC/C=C\C/C=C\CCCCCCCCC(CCCCCCCC/C=C\C/C=C\CCCCC)NC(=O)C(=O)N(CC)C(=O)NCCCN(C)C. The van der Waals surface area contributed by atoms with Crippen LogP contribution in [0, 0.1) is 0 Å². The van der Waals surface area contributed by atoms with Crippen LogP contribution in [0.25, 0.3) is 0 Å². The van der Waals surface area contributed by atoms with Gasteiger partial charge in [0.15, 0.2) is 0 Å². The average molecular weight is 755 g/mol. The average Bonchev–Trinajstić information content (AvgIpc) is 3.16. The predicted molar refractivity (Wildman–Crippen MR) is 234 cm³/mol. The Morgan fingerprint density at radius 2 is 0.926 bits per heavy atom. The number of allylic oxidation sites excluding steroid dienone is 8. The van der Waals surface area contributed by atoms with Gasteiger partial charge in [-0.2, -0.15) is 0 Å². The van der Waals surface area contributed by atoms with Gasteiger partial charge in [0.1, 0.15) is 0 Å². The molecule has 0 bridgehead atoms. The van der Waals surface area contributed by atoms with Gasteiger partial charge in [0.25, 0.3) is 0 Å². The second-order valence-electron chi connectivity index (χ2n) is 15.4. The normalized spacial score (nSPS) is 12.1. The molecule has 0 aromatic rings. The summed E-state index contributed by atoms with van der Waals surface area (Å²) < 4.78 is 0. The molecule has 0 aliphatic carbocycles. The van der Waals surface area contributed by atoms with Crippen LogP contribution in [0.5, 0.6) is 0 Å². The van der Waals surface area contributed by atoms with Gasteiger partial charge in [-0.05, 0) is 111 Å². The maximum Gasteiger partial charge on any atom is 0.324 e. The molecule has 4 amide bonds. The summed E-state index contributed by atoms with van der Waals surface area (Å²) in [6.45, 7) is 7.69. The molecule has 0 atom stereocenters. The molecule has 0 saturated heterocycles. The van der Waals surface area contributed by atoms with Crippen LogP contribution in [0.3, 0.4) is 0 Å². The minimum atomic E-state index is -0.762. The van der Waals surface area contributed by atoms with Crippen LogP contribution >= 0.6 is 0 Å². The first kappa shape index (κ1) is 51.3. The summed E-state index contributed by atoms with van der Waals surface area (Å²) in [5, 5.41) is 5.83. The standard InChI is InChI=1S/C47H86N4O3/c1-6-9-11-13-15-17-19-21-23-25-27-29-31-33-35-37-40-44(49-45(52)46(53)51(8-3)47(54)48-42-39-43-50(4)5)41-38-36-34-32-30-28-26-24-22-20-18-16-14-12-10-7-2/h15-18,21-24,44H,6-14,19-20,25-43H2,1-5H3,(H,48,54)(H,49,52)/b17-15-,18-16-,23-21-,24-22-. The smallest absolute Gasteiger partial charge is 0.324 e. The topological polar surface area (TPSA) is 81.8 Å². The quantitative estimate of drug-likeness (QED) is 0.0379. The molecule has 54 heavy (non-hydrogen) atoms. The Labute approximate surface area is 334 Å². The number of unbranched alkanes of at least 4 members (excludes halogenated alkanes) is 18. The van der Waals surface area contributed by atoms with E-state index in [1.807, 2.05) is 19.0 Å². The number of urea groups is 1. The zero-order valence-electron chi connectivity index (χ0n) is 36.0. The van der Waals surface area contributed by atoms with Crippen molar-refractivity contribution in [3.05, 3.63) is 48.6 Å². The third kappa shape index (κ3) is 33.9. The minimum Gasteiger partial charge on any atom is -0.345 e. The lowest BCUT2D eigenvalue weighted by molar-refractivity contribution is -0.144. The first-order valence-electron chi connectivity index (χ1n) is 22.5. The van der Waals surface area contributed by atoms with Crippen molar-refractivity contribution in [3.63, 3.8) is 0 Å². The van der Waals surface area contributed by atoms with Gasteiger partial charge in [0.05, 0.1) is 0 Å². The van der Waals surface area contributed by atoms with E-state index >= 15 is 0 Å². The molecule has 0 spiro atoms. The van der Waals surface area contributed by atoms with E-state index in [-0.39, 0.29) is 12.6 Å².